The van der Waals surface area contributed by atoms with Crippen LogP contribution >= 0.6 is 11.3 Å². The number of Topliss-reactive ketones (excluding diaryl/α,β-unsaturated/α-hetero) is 1. The third kappa shape index (κ3) is 5.28. The monoisotopic (exact) mass is 496 g/mol. The van der Waals surface area contributed by atoms with Gasteiger partial charge in [0.25, 0.3) is 0 Å². The van der Waals surface area contributed by atoms with Gasteiger partial charge in [0.2, 0.25) is 5.95 Å². The topological polar surface area (TPSA) is 78.3 Å². The van der Waals surface area contributed by atoms with Gasteiger partial charge < -0.3 is 19.4 Å². The normalized spacial score (nSPS) is 11.9. The van der Waals surface area contributed by atoms with Crippen LogP contribution in [0, 0.1) is 5.82 Å². The van der Waals surface area contributed by atoms with Crippen LogP contribution in [0.5, 0.6) is 5.75 Å². The maximum absolute atomic E-state index is 14.6. The van der Waals surface area contributed by atoms with Crippen molar-refractivity contribution in [2.24, 2.45) is 7.05 Å². The van der Waals surface area contributed by atoms with Gasteiger partial charge in [-0.2, -0.15) is 0 Å². The smallest absolute Gasteiger partial charge is 0.406 e. The van der Waals surface area contributed by atoms with Crippen LogP contribution in [0.3, 0.4) is 0 Å². The Bertz CT molecular complexity index is 1350. The average molecular weight is 496 g/mol. The zero-order valence-electron chi connectivity index (χ0n) is 18.2. The Balaban J connectivity index is 1.57. The molecule has 2 aromatic heterocycles. The molecule has 0 saturated carbocycles. The second-order valence-corrected chi connectivity index (χ2v) is 8.39. The molecule has 0 amide bonds. The summed E-state index contributed by atoms with van der Waals surface area (Å²) in [6.45, 7) is 2.83. The second kappa shape index (κ2) is 9.55. The molecule has 2 heterocycles. The van der Waals surface area contributed by atoms with E-state index in [1.807, 2.05) is 6.92 Å². The maximum atomic E-state index is 14.6. The molecule has 0 aliphatic heterocycles. The summed E-state index contributed by atoms with van der Waals surface area (Å²) in [6, 6.07) is 6.52. The van der Waals surface area contributed by atoms with E-state index in [0.29, 0.717) is 52.0 Å². The number of halogens is 4. The van der Waals surface area contributed by atoms with Crippen molar-refractivity contribution < 1.29 is 31.8 Å². The molecule has 0 atom stereocenters. The Labute approximate surface area is 195 Å². The van der Waals surface area contributed by atoms with Crippen LogP contribution in [-0.2, 0) is 11.8 Å². The lowest BCUT2D eigenvalue weighted by atomic mass is 10.1. The van der Waals surface area contributed by atoms with E-state index in [2.05, 4.69) is 20.0 Å². The molecule has 4 aromatic rings. The molecule has 0 aliphatic carbocycles. The number of carbonyl (C=O) groups excluding carboxylic acids is 1. The van der Waals surface area contributed by atoms with Crippen molar-refractivity contribution in [3.05, 3.63) is 41.7 Å². The highest BCUT2D eigenvalue weighted by molar-refractivity contribution is 7.22. The van der Waals surface area contributed by atoms with E-state index < -0.39 is 12.2 Å². The lowest BCUT2D eigenvalue weighted by Crippen LogP contribution is -2.16. The van der Waals surface area contributed by atoms with E-state index >= 15 is 0 Å². The minimum Gasteiger partial charge on any atom is -0.406 e. The first-order chi connectivity index (χ1) is 16.1. The highest BCUT2D eigenvalue weighted by atomic mass is 32.1. The third-order valence-corrected chi connectivity index (χ3v) is 5.91. The number of aromatic nitrogens is 3. The molecular weight excluding hydrogens is 476 g/mol. The van der Waals surface area contributed by atoms with Gasteiger partial charge in [-0.3, -0.25) is 4.79 Å². The van der Waals surface area contributed by atoms with E-state index in [0.717, 1.165) is 11.3 Å². The van der Waals surface area contributed by atoms with Crippen molar-refractivity contribution >= 4 is 49.4 Å². The van der Waals surface area contributed by atoms with Crippen molar-refractivity contribution in [1.29, 1.82) is 0 Å². The third-order valence-electron chi connectivity index (χ3n) is 4.98. The van der Waals surface area contributed by atoms with Crippen molar-refractivity contribution in [1.82, 2.24) is 14.5 Å². The van der Waals surface area contributed by atoms with E-state index in [1.165, 1.54) is 30.3 Å². The number of aryl methyl sites for hydroxylation is 1. The number of hydrogen-bond acceptors (Lipinski definition) is 7. The first-order valence-corrected chi connectivity index (χ1v) is 11.2. The van der Waals surface area contributed by atoms with Crippen LogP contribution in [0.1, 0.15) is 30.1 Å². The zero-order valence-corrected chi connectivity index (χ0v) is 19.0. The Morgan fingerprint density at radius 3 is 2.71 bits per heavy atom. The zero-order chi connectivity index (χ0) is 24.5. The molecule has 4 rings (SSSR count). The summed E-state index contributed by atoms with van der Waals surface area (Å²) < 4.78 is 63.3. The van der Waals surface area contributed by atoms with Crippen LogP contribution in [0.4, 0.5) is 28.6 Å². The molecule has 12 heteroatoms. The fourth-order valence-corrected chi connectivity index (χ4v) is 4.29. The van der Waals surface area contributed by atoms with Crippen molar-refractivity contribution in [2.45, 2.75) is 26.1 Å². The average Bonchev–Trinajstić information content (AvgIpc) is 3.29. The molecule has 180 valence electrons. The summed E-state index contributed by atoms with van der Waals surface area (Å²) in [5.74, 6) is -0.976. The molecule has 0 aliphatic rings. The summed E-state index contributed by atoms with van der Waals surface area (Å²) >= 11 is 1.11. The molecule has 0 fully saturated rings. The summed E-state index contributed by atoms with van der Waals surface area (Å²) in [5, 5.41) is 3.39. The van der Waals surface area contributed by atoms with Gasteiger partial charge in [-0.1, -0.05) is 11.3 Å². The molecular formula is C22H20F4N4O3S. The van der Waals surface area contributed by atoms with Gasteiger partial charge in [0.1, 0.15) is 11.6 Å². The molecule has 0 bridgehead atoms. The highest BCUT2D eigenvalue weighted by Gasteiger charge is 2.31. The largest absolute Gasteiger partial charge is 0.573 e. The number of ketones is 1. The Kier molecular flexibility index (Phi) is 6.71. The standard InChI is InChI=1S/C22H20F4N4O3S/c1-3-32-8-4-5-18(31)13-10-16-17(11-14(13)23)30(2)20(27-16)29-21-28-15-7-6-12(9-19(15)34-21)33-22(24,25)26/h6-7,9-11H,3-5,8H2,1-2H3,(H,27,28,29). The predicted octanol–water partition coefficient (Wildman–Crippen LogP) is 5.96. The van der Waals surface area contributed by atoms with E-state index in [4.69, 9.17) is 4.74 Å². The number of carbonyl (C=O) groups is 1. The highest BCUT2D eigenvalue weighted by Crippen LogP contribution is 2.33. The van der Waals surface area contributed by atoms with Crippen molar-refractivity contribution in [3.8, 4) is 5.75 Å². The summed E-state index contributed by atoms with van der Waals surface area (Å²) in [4.78, 5) is 21.2. The quantitative estimate of drug-likeness (QED) is 0.175. The molecule has 0 saturated heterocycles. The van der Waals surface area contributed by atoms with Gasteiger partial charge in [0.05, 0.1) is 26.8 Å². The molecule has 0 radical (unpaired) electrons. The van der Waals surface area contributed by atoms with Crippen LogP contribution in [0.25, 0.3) is 21.3 Å². The van der Waals surface area contributed by atoms with Crippen LogP contribution in [0.15, 0.2) is 30.3 Å². The lowest BCUT2D eigenvalue weighted by molar-refractivity contribution is -0.274. The molecule has 7 nitrogen and oxygen atoms in total. The SMILES string of the molecule is CCOCCCC(=O)c1cc2nc(Nc3nc4ccc(OC(F)(F)F)cc4s3)n(C)c2cc1F. The van der Waals surface area contributed by atoms with Crippen LogP contribution < -0.4 is 10.1 Å². The molecule has 1 N–H and O–H groups in total. The number of benzene rings is 2. The van der Waals surface area contributed by atoms with Gasteiger partial charge in [-0.25, -0.2) is 14.4 Å². The number of nitrogens with zero attached hydrogens (tertiary/aromatic N) is 3. The van der Waals surface area contributed by atoms with Crippen LogP contribution in [-0.4, -0.2) is 39.9 Å². The van der Waals surface area contributed by atoms with E-state index in [-0.39, 0.29) is 23.5 Å². The number of alkyl halides is 3. The number of nitrogens with one attached hydrogen (secondary N) is 1. The van der Waals surface area contributed by atoms with Gasteiger partial charge in [-0.15, -0.1) is 13.2 Å². The molecule has 34 heavy (non-hydrogen) atoms. The van der Waals surface area contributed by atoms with E-state index in [9.17, 15) is 22.4 Å². The summed E-state index contributed by atoms with van der Waals surface area (Å²) in [6.07, 6.45) is -4.13. The van der Waals surface area contributed by atoms with Gasteiger partial charge in [0, 0.05) is 38.8 Å². The lowest BCUT2D eigenvalue weighted by Gasteiger charge is -2.07. The fraction of sp³-hybridized carbons (Fsp3) is 0.318. The Morgan fingerprint density at radius 1 is 1.18 bits per heavy atom. The predicted molar refractivity (Wildman–Crippen MR) is 120 cm³/mol. The first-order valence-electron chi connectivity index (χ1n) is 10.3. The summed E-state index contributed by atoms with van der Waals surface area (Å²) in [7, 11) is 1.67. The minimum atomic E-state index is -4.79. The number of ether oxygens (including phenoxy) is 2. The fourth-order valence-electron chi connectivity index (χ4n) is 3.40. The Hall–Kier alpha value is -3.25. The molecule has 0 unspecified atom stereocenters. The number of thiazole rings is 1. The van der Waals surface area contributed by atoms with Crippen molar-refractivity contribution in [3.63, 3.8) is 0 Å². The van der Waals surface area contributed by atoms with E-state index in [1.54, 1.807) is 11.6 Å². The number of hydrogen-bond donors (Lipinski definition) is 1. The summed E-state index contributed by atoms with van der Waals surface area (Å²) in [5.41, 5.74) is 1.33. The molecule has 2 aromatic carbocycles. The maximum Gasteiger partial charge on any atom is 0.573 e. The molecule has 0 spiro atoms. The van der Waals surface area contributed by atoms with Gasteiger partial charge in [-0.05, 0) is 31.5 Å². The van der Waals surface area contributed by atoms with Crippen molar-refractivity contribution in [2.75, 3.05) is 18.5 Å². The first kappa shape index (κ1) is 23.9. The van der Waals surface area contributed by atoms with Gasteiger partial charge in [0.15, 0.2) is 10.9 Å². The number of imidazole rings is 1. The number of anilines is 2. The number of fused-ring (bicyclic) bond motifs is 2. The van der Waals surface area contributed by atoms with Crippen LogP contribution in [0.2, 0.25) is 0 Å². The Morgan fingerprint density at radius 2 is 1.97 bits per heavy atom. The number of rotatable bonds is 9. The minimum absolute atomic E-state index is 0.0363. The second-order valence-electron chi connectivity index (χ2n) is 7.36. The van der Waals surface area contributed by atoms with Gasteiger partial charge >= 0.3 is 6.36 Å².